The van der Waals surface area contributed by atoms with Crippen LogP contribution in [0.25, 0.3) is 0 Å². The molecule has 1 atom stereocenters. The van der Waals surface area contributed by atoms with Gasteiger partial charge in [0.15, 0.2) is 12.7 Å². The van der Waals surface area contributed by atoms with Gasteiger partial charge in [-0.3, -0.25) is 29.4 Å². The van der Waals surface area contributed by atoms with Gasteiger partial charge in [0.2, 0.25) is 0 Å². The van der Waals surface area contributed by atoms with Crippen molar-refractivity contribution in [3.8, 4) is 5.75 Å². The van der Waals surface area contributed by atoms with E-state index in [-0.39, 0.29) is 23.7 Å². The molecule has 0 saturated heterocycles. The number of benzene rings is 1. The highest BCUT2D eigenvalue weighted by Gasteiger charge is 2.31. The largest absolute Gasteiger partial charge is 0.482 e. The number of non-ortho nitro benzene ring substituents is 1. The lowest BCUT2D eigenvalue weighted by molar-refractivity contribution is -0.384. The summed E-state index contributed by atoms with van der Waals surface area (Å²) in [4.78, 5) is 47.7. The molecule has 2 amide bonds. The molecule has 0 fully saturated rings. The van der Waals surface area contributed by atoms with Crippen molar-refractivity contribution in [1.29, 1.82) is 0 Å². The first kappa shape index (κ1) is 20.1. The molecule has 1 aliphatic heterocycles. The van der Waals surface area contributed by atoms with E-state index in [0.29, 0.717) is 0 Å². The molecule has 27 heavy (non-hydrogen) atoms. The summed E-state index contributed by atoms with van der Waals surface area (Å²) < 4.78 is 10.3. The fourth-order valence-electron chi connectivity index (χ4n) is 2.37. The summed E-state index contributed by atoms with van der Waals surface area (Å²) in [5.74, 6) is -1.60. The fourth-order valence-corrected chi connectivity index (χ4v) is 2.37. The average molecular weight is 379 g/mol. The summed E-state index contributed by atoms with van der Waals surface area (Å²) in [7, 11) is 0. The Hall–Kier alpha value is -3.17. The van der Waals surface area contributed by atoms with Crippen molar-refractivity contribution in [3.05, 3.63) is 28.3 Å². The van der Waals surface area contributed by atoms with E-state index in [1.54, 1.807) is 20.8 Å². The maximum atomic E-state index is 12.2. The van der Waals surface area contributed by atoms with Crippen LogP contribution in [-0.4, -0.2) is 47.5 Å². The van der Waals surface area contributed by atoms with Gasteiger partial charge in [0.25, 0.3) is 17.5 Å². The van der Waals surface area contributed by atoms with Gasteiger partial charge in [-0.2, -0.15) is 0 Å². The molecule has 10 nitrogen and oxygen atoms in total. The number of hydrogen-bond acceptors (Lipinski definition) is 7. The van der Waals surface area contributed by atoms with Gasteiger partial charge in [-0.15, -0.1) is 0 Å². The van der Waals surface area contributed by atoms with Gasteiger partial charge in [-0.05, 0) is 33.8 Å². The molecule has 0 aliphatic carbocycles. The second-order valence-electron chi connectivity index (χ2n) is 7.05. The van der Waals surface area contributed by atoms with Crippen molar-refractivity contribution in [3.63, 3.8) is 0 Å². The fraction of sp³-hybridized carbons (Fsp3) is 0.471. The Morgan fingerprint density at radius 3 is 2.67 bits per heavy atom. The smallest absolute Gasteiger partial charge is 0.326 e. The lowest BCUT2D eigenvalue weighted by Crippen LogP contribution is -2.47. The number of esters is 1. The Morgan fingerprint density at radius 2 is 2.07 bits per heavy atom. The molecule has 1 heterocycles. The van der Waals surface area contributed by atoms with Crippen LogP contribution in [0.3, 0.4) is 0 Å². The Morgan fingerprint density at radius 1 is 1.41 bits per heavy atom. The first-order chi connectivity index (χ1) is 12.5. The predicted octanol–water partition coefficient (Wildman–Crippen LogP) is 1.17. The Balaban J connectivity index is 2.11. The van der Waals surface area contributed by atoms with Crippen molar-refractivity contribution in [2.24, 2.45) is 0 Å². The van der Waals surface area contributed by atoms with Crippen molar-refractivity contribution in [2.45, 2.75) is 39.3 Å². The molecule has 146 valence electrons. The minimum Gasteiger partial charge on any atom is -0.482 e. The van der Waals surface area contributed by atoms with Crippen LogP contribution < -0.4 is 15.0 Å². The molecule has 10 heteroatoms. The number of nitrogens with one attached hydrogen (secondary N) is 1. The molecular formula is C17H21N3O7. The van der Waals surface area contributed by atoms with Gasteiger partial charge in [0.1, 0.15) is 12.3 Å². The number of fused-ring (bicyclic) bond motifs is 1. The molecular weight excluding hydrogens is 358 g/mol. The number of nitrogens with zero attached hydrogens (tertiary/aromatic N) is 2. The van der Waals surface area contributed by atoms with Crippen LogP contribution in [0.15, 0.2) is 18.2 Å². The molecule has 0 spiro atoms. The number of amides is 2. The van der Waals surface area contributed by atoms with Crippen LogP contribution in [0.5, 0.6) is 5.75 Å². The third-order valence-corrected chi connectivity index (χ3v) is 3.56. The minimum absolute atomic E-state index is 0.101. The Bertz CT molecular complexity index is 785. The highest BCUT2D eigenvalue weighted by atomic mass is 16.6. The van der Waals surface area contributed by atoms with Crippen molar-refractivity contribution < 1.29 is 28.8 Å². The molecule has 0 radical (unpaired) electrons. The third kappa shape index (κ3) is 5.16. The monoisotopic (exact) mass is 379 g/mol. The van der Waals surface area contributed by atoms with Gasteiger partial charge >= 0.3 is 5.97 Å². The molecule has 0 aromatic heterocycles. The second kappa shape index (κ2) is 7.60. The van der Waals surface area contributed by atoms with Crippen LogP contribution >= 0.6 is 0 Å². The Labute approximate surface area is 155 Å². The molecule has 1 N–H and O–H groups in total. The summed E-state index contributed by atoms with van der Waals surface area (Å²) >= 11 is 0. The first-order valence-corrected chi connectivity index (χ1v) is 8.21. The standard InChI is InChI=1S/C17H21N3O7/c1-10(16(23)18-17(2,3)4)27-15(22)8-19-12-7-11(20(24)25)5-6-13(12)26-9-14(19)21/h5-7,10H,8-9H2,1-4H3,(H,18,23)/t10-/m0/s1. The van der Waals surface area contributed by atoms with E-state index in [2.05, 4.69) is 5.32 Å². The summed E-state index contributed by atoms with van der Waals surface area (Å²) in [5, 5.41) is 13.6. The summed E-state index contributed by atoms with van der Waals surface area (Å²) in [5.41, 5.74) is -0.636. The quantitative estimate of drug-likeness (QED) is 0.462. The van der Waals surface area contributed by atoms with Crippen molar-refractivity contribution in [1.82, 2.24) is 5.32 Å². The van der Waals surface area contributed by atoms with Crippen molar-refractivity contribution >= 4 is 29.2 Å². The zero-order valence-corrected chi connectivity index (χ0v) is 15.5. The van der Waals surface area contributed by atoms with Gasteiger partial charge in [-0.25, -0.2) is 0 Å². The topological polar surface area (TPSA) is 128 Å². The summed E-state index contributed by atoms with van der Waals surface area (Å²) in [6.45, 7) is 5.97. The molecule has 0 saturated carbocycles. The molecule has 1 aromatic carbocycles. The van der Waals surface area contributed by atoms with Crippen LogP contribution in [0, 0.1) is 10.1 Å². The number of nitro groups is 1. The highest BCUT2D eigenvalue weighted by Crippen LogP contribution is 2.35. The Kier molecular flexibility index (Phi) is 5.67. The predicted molar refractivity (Wildman–Crippen MR) is 94.4 cm³/mol. The lowest BCUT2D eigenvalue weighted by atomic mass is 10.1. The number of anilines is 1. The highest BCUT2D eigenvalue weighted by molar-refractivity contribution is 6.02. The maximum absolute atomic E-state index is 12.2. The molecule has 1 aromatic rings. The zero-order valence-electron chi connectivity index (χ0n) is 15.5. The average Bonchev–Trinajstić information content (AvgIpc) is 2.55. The number of carbonyl (C=O) groups is 3. The van der Waals surface area contributed by atoms with Gasteiger partial charge in [0, 0.05) is 17.7 Å². The van der Waals surface area contributed by atoms with E-state index < -0.39 is 40.9 Å². The number of rotatable bonds is 5. The van der Waals surface area contributed by atoms with E-state index in [9.17, 15) is 24.5 Å². The van der Waals surface area contributed by atoms with Gasteiger partial charge in [0.05, 0.1) is 10.6 Å². The molecule has 0 unspecified atom stereocenters. The second-order valence-corrected chi connectivity index (χ2v) is 7.05. The van der Waals surface area contributed by atoms with Crippen LogP contribution in [0.1, 0.15) is 27.7 Å². The number of hydrogen-bond donors (Lipinski definition) is 1. The third-order valence-electron chi connectivity index (χ3n) is 3.56. The number of ether oxygens (including phenoxy) is 2. The molecule has 2 rings (SSSR count). The van der Waals surface area contributed by atoms with Crippen LogP contribution in [-0.2, 0) is 19.1 Å². The number of nitro benzene ring substituents is 1. The van der Waals surface area contributed by atoms with E-state index in [4.69, 9.17) is 9.47 Å². The van der Waals surface area contributed by atoms with Gasteiger partial charge < -0.3 is 14.8 Å². The molecule has 1 aliphatic rings. The van der Waals surface area contributed by atoms with Crippen molar-refractivity contribution in [2.75, 3.05) is 18.1 Å². The van der Waals surface area contributed by atoms with E-state index in [1.807, 2.05) is 0 Å². The minimum atomic E-state index is -1.06. The SMILES string of the molecule is C[C@H](OC(=O)CN1C(=O)COc2ccc([N+](=O)[O-])cc21)C(=O)NC(C)(C)C. The zero-order chi connectivity index (χ0) is 20.4. The van der Waals surface area contributed by atoms with Crippen LogP contribution in [0.2, 0.25) is 0 Å². The lowest BCUT2D eigenvalue weighted by Gasteiger charge is -2.29. The van der Waals surface area contributed by atoms with E-state index >= 15 is 0 Å². The van der Waals surface area contributed by atoms with E-state index in [1.165, 1.54) is 19.1 Å². The van der Waals surface area contributed by atoms with Gasteiger partial charge in [-0.1, -0.05) is 0 Å². The number of carbonyl (C=O) groups excluding carboxylic acids is 3. The summed E-state index contributed by atoms with van der Waals surface area (Å²) in [6.07, 6.45) is -1.06. The molecule has 0 bridgehead atoms. The van der Waals surface area contributed by atoms with Crippen LogP contribution in [0.4, 0.5) is 11.4 Å². The maximum Gasteiger partial charge on any atom is 0.326 e. The summed E-state index contributed by atoms with van der Waals surface area (Å²) in [6, 6.07) is 3.75. The first-order valence-electron chi connectivity index (χ1n) is 8.21. The normalized spacial score (nSPS) is 14.7. The van der Waals surface area contributed by atoms with E-state index in [0.717, 1.165) is 11.0 Å².